The second-order valence-corrected chi connectivity index (χ2v) is 6.21. The Morgan fingerprint density at radius 1 is 1.30 bits per heavy atom. The first-order chi connectivity index (χ1) is 9.66. The van der Waals surface area contributed by atoms with Crippen LogP contribution in [0.2, 0.25) is 0 Å². The van der Waals surface area contributed by atoms with Gasteiger partial charge in [-0.1, -0.05) is 25.1 Å². The van der Waals surface area contributed by atoms with Gasteiger partial charge in [-0.25, -0.2) is 0 Å². The number of ketones is 1. The van der Waals surface area contributed by atoms with E-state index in [1.807, 2.05) is 11.4 Å². The van der Waals surface area contributed by atoms with E-state index in [1.165, 1.54) is 11.3 Å². The molecule has 0 bridgehead atoms. The van der Waals surface area contributed by atoms with Gasteiger partial charge in [0, 0.05) is 6.42 Å². The third-order valence-electron chi connectivity index (χ3n) is 3.73. The van der Waals surface area contributed by atoms with Crippen molar-refractivity contribution in [2.75, 3.05) is 6.61 Å². The van der Waals surface area contributed by atoms with Gasteiger partial charge in [0.15, 0.2) is 5.78 Å². The molecule has 0 saturated heterocycles. The summed E-state index contributed by atoms with van der Waals surface area (Å²) < 4.78 is 5.30. The molecule has 4 heteroatoms. The van der Waals surface area contributed by atoms with Crippen molar-refractivity contribution in [3.63, 3.8) is 0 Å². The van der Waals surface area contributed by atoms with Crippen molar-refractivity contribution in [3.8, 4) is 0 Å². The summed E-state index contributed by atoms with van der Waals surface area (Å²) in [5, 5.41) is 1.86. The van der Waals surface area contributed by atoms with E-state index >= 15 is 0 Å². The van der Waals surface area contributed by atoms with Gasteiger partial charge in [0.1, 0.15) is 0 Å². The Balaban J connectivity index is 1.68. The number of carbonyl (C=O) groups excluding carboxylic acids is 2. The summed E-state index contributed by atoms with van der Waals surface area (Å²) in [6.45, 7) is 2.65. The van der Waals surface area contributed by atoms with Crippen molar-refractivity contribution in [2.45, 2.75) is 32.6 Å². The van der Waals surface area contributed by atoms with Crippen LogP contribution in [0.25, 0.3) is 0 Å². The van der Waals surface area contributed by atoms with Crippen LogP contribution in [-0.2, 0) is 9.53 Å². The number of esters is 1. The van der Waals surface area contributed by atoms with E-state index in [0.29, 0.717) is 23.3 Å². The fourth-order valence-corrected chi connectivity index (χ4v) is 2.98. The van der Waals surface area contributed by atoms with E-state index in [1.54, 1.807) is 6.07 Å². The van der Waals surface area contributed by atoms with Crippen molar-refractivity contribution in [2.24, 2.45) is 11.8 Å². The van der Waals surface area contributed by atoms with Crippen LogP contribution in [0.4, 0.5) is 0 Å². The molecule has 20 heavy (non-hydrogen) atoms. The highest BCUT2D eigenvalue weighted by molar-refractivity contribution is 7.12. The van der Waals surface area contributed by atoms with Crippen LogP contribution in [-0.4, -0.2) is 18.4 Å². The minimum absolute atomic E-state index is 0.0194. The zero-order valence-electron chi connectivity index (χ0n) is 11.7. The normalized spacial score (nSPS) is 21.6. The topological polar surface area (TPSA) is 43.4 Å². The molecule has 0 amide bonds. The third-order valence-corrected chi connectivity index (χ3v) is 4.64. The van der Waals surface area contributed by atoms with Crippen LogP contribution in [0.5, 0.6) is 0 Å². The molecule has 1 aromatic heterocycles. The van der Waals surface area contributed by atoms with Crippen molar-refractivity contribution in [1.29, 1.82) is 0 Å². The Bertz CT molecular complexity index is 476. The van der Waals surface area contributed by atoms with Gasteiger partial charge in [0.2, 0.25) is 0 Å². The van der Waals surface area contributed by atoms with Gasteiger partial charge in [-0.05, 0) is 36.1 Å². The lowest BCUT2D eigenvalue weighted by molar-refractivity contribution is -0.145. The summed E-state index contributed by atoms with van der Waals surface area (Å²) in [4.78, 5) is 24.2. The number of thiophene rings is 1. The van der Waals surface area contributed by atoms with Gasteiger partial charge in [0.25, 0.3) is 0 Å². The predicted molar refractivity (Wildman–Crippen MR) is 79.9 cm³/mol. The molecule has 1 aliphatic carbocycles. The molecule has 1 heterocycles. The Hall–Kier alpha value is -1.42. The van der Waals surface area contributed by atoms with Gasteiger partial charge in [0.05, 0.1) is 17.9 Å². The molecule has 2 unspecified atom stereocenters. The molecule has 0 aromatic carbocycles. The SMILES string of the molecule is CC1CC=CCC1COC(=O)CCC(=O)c1cccs1. The Kier molecular flexibility index (Phi) is 5.53. The van der Waals surface area contributed by atoms with Crippen molar-refractivity contribution < 1.29 is 14.3 Å². The average molecular weight is 292 g/mol. The number of ether oxygens (including phenoxy) is 1. The molecular weight excluding hydrogens is 272 g/mol. The number of Topliss-reactive ketones (excluding diaryl/α,β-unsaturated/α-hetero) is 1. The van der Waals surface area contributed by atoms with E-state index < -0.39 is 0 Å². The van der Waals surface area contributed by atoms with Crippen LogP contribution < -0.4 is 0 Å². The Morgan fingerprint density at radius 3 is 2.80 bits per heavy atom. The second kappa shape index (κ2) is 7.39. The van der Waals surface area contributed by atoms with E-state index in [0.717, 1.165) is 12.8 Å². The summed E-state index contributed by atoms with van der Waals surface area (Å²) in [6, 6.07) is 3.63. The van der Waals surface area contributed by atoms with Crippen molar-refractivity contribution in [3.05, 3.63) is 34.5 Å². The lowest BCUT2D eigenvalue weighted by Crippen LogP contribution is -2.21. The van der Waals surface area contributed by atoms with Crippen molar-refractivity contribution in [1.82, 2.24) is 0 Å². The second-order valence-electron chi connectivity index (χ2n) is 5.26. The number of carbonyl (C=O) groups is 2. The third kappa shape index (κ3) is 4.30. The number of rotatable bonds is 6. The molecule has 0 N–H and O–H groups in total. The molecule has 0 saturated carbocycles. The van der Waals surface area contributed by atoms with Gasteiger partial charge in [-0.3, -0.25) is 9.59 Å². The molecule has 0 aliphatic heterocycles. The maximum atomic E-state index is 11.8. The fraction of sp³-hybridized carbons (Fsp3) is 0.500. The number of allylic oxidation sites excluding steroid dienone is 2. The minimum Gasteiger partial charge on any atom is -0.465 e. The van der Waals surface area contributed by atoms with Crippen LogP contribution in [0.15, 0.2) is 29.7 Å². The first-order valence-corrected chi connectivity index (χ1v) is 7.92. The lowest BCUT2D eigenvalue weighted by atomic mass is 9.85. The predicted octanol–water partition coefficient (Wildman–Crippen LogP) is 3.86. The largest absolute Gasteiger partial charge is 0.465 e. The summed E-state index contributed by atoms with van der Waals surface area (Å²) >= 11 is 1.41. The molecule has 3 nitrogen and oxygen atoms in total. The first kappa shape index (κ1) is 15.0. The highest BCUT2D eigenvalue weighted by Gasteiger charge is 2.20. The first-order valence-electron chi connectivity index (χ1n) is 7.04. The lowest BCUT2D eigenvalue weighted by Gasteiger charge is -2.24. The minimum atomic E-state index is -0.267. The molecule has 0 fully saturated rings. The smallest absolute Gasteiger partial charge is 0.306 e. The molecule has 0 spiro atoms. The Labute approximate surface area is 123 Å². The molecule has 1 aliphatic rings. The summed E-state index contributed by atoms with van der Waals surface area (Å²) in [5.74, 6) is 0.722. The maximum absolute atomic E-state index is 11.8. The zero-order valence-corrected chi connectivity index (χ0v) is 12.5. The summed E-state index contributed by atoms with van der Waals surface area (Å²) in [5.41, 5.74) is 0. The molecular formula is C16H20O3S. The van der Waals surface area contributed by atoms with Gasteiger partial charge >= 0.3 is 5.97 Å². The summed E-state index contributed by atoms with van der Waals surface area (Å²) in [6.07, 6.45) is 6.77. The fourth-order valence-electron chi connectivity index (χ4n) is 2.29. The highest BCUT2D eigenvalue weighted by atomic mass is 32.1. The quantitative estimate of drug-likeness (QED) is 0.454. The van der Waals surface area contributed by atoms with Crippen LogP contribution >= 0.6 is 11.3 Å². The molecule has 2 atom stereocenters. The Morgan fingerprint density at radius 2 is 2.10 bits per heavy atom. The molecule has 0 radical (unpaired) electrons. The molecule has 1 aromatic rings. The van der Waals surface area contributed by atoms with Gasteiger partial charge in [-0.2, -0.15) is 0 Å². The molecule has 108 valence electrons. The van der Waals surface area contributed by atoms with Gasteiger partial charge < -0.3 is 4.74 Å². The van der Waals surface area contributed by atoms with Crippen LogP contribution in [0.3, 0.4) is 0 Å². The summed E-state index contributed by atoms with van der Waals surface area (Å²) in [7, 11) is 0. The van der Waals surface area contributed by atoms with E-state index in [2.05, 4.69) is 19.1 Å². The van der Waals surface area contributed by atoms with E-state index in [4.69, 9.17) is 4.74 Å². The zero-order chi connectivity index (χ0) is 14.4. The van der Waals surface area contributed by atoms with Crippen LogP contribution in [0, 0.1) is 11.8 Å². The monoisotopic (exact) mass is 292 g/mol. The van der Waals surface area contributed by atoms with E-state index in [-0.39, 0.29) is 24.6 Å². The molecule has 2 rings (SSSR count). The van der Waals surface area contributed by atoms with Crippen LogP contribution in [0.1, 0.15) is 42.3 Å². The van der Waals surface area contributed by atoms with Gasteiger partial charge in [-0.15, -0.1) is 11.3 Å². The highest BCUT2D eigenvalue weighted by Crippen LogP contribution is 2.25. The number of hydrogen-bond donors (Lipinski definition) is 0. The maximum Gasteiger partial charge on any atom is 0.306 e. The standard InChI is InChI=1S/C16H20O3S/c1-12-5-2-3-6-13(12)11-19-16(18)9-8-14(17)15-7-4-10-20-15/h2-4,7,10,12-13H,5-6,8-9,11H2,1H3. The van der Waals surface area contributed by atoms with E-state index in [9.17, 15) is 9.59 Å². The van der Waals surface area contributed by atoms with Crippen molar-refractivity contribution >= 4 is 23.1 Å². The average Bonchev–Trinajstić information content (AvgIpc) is 2.98. The number of hydrogen-bond acceptors (Lipinski definition) is 4.